The van der Waals surface area contributed by atoms with Gasteiger partial charge in [-0.15, -0.1) is 5.10 Å². The molecule has 1 fully saturated rings. The van der Waals surface area contributed by atoms with Crippen LogP contribution in [0.4, 0.5) is 23.3 Å². The number of hydrogen-bond donors (Lipinski definition) is 0. The first-order valence-corrected chi connectivity index (χ1v) is 11.7. The molecule has 10 nitrogen and oxygen atoms in total. The number of ether oxygens (including phenoxy) is 1. The number of anilines is 4. The maximum absolute atomic E-state index is 12.3. The predicted molar refractivity (Wildman–Crippen MR) is 132 cm³/mol. The molecule has 5 rings (SSSR count). The van der Waals surface area contributed by atoms with E-state index in [0.29, 0.717) is 17.6 Å². The molecule has 2 aromatic carbocycles. The summed E-state index contributed by atoms with van der Waals surface area (Å²) in [5, 5.41) is 8.22. The number of benzene rings is 2. The Labute approximate surface area is 203 Å². The van der Waals surface area contributed by atoms with Crippen molar-refractivity contribution in [1.82, 2.24) is 29.9 Å². The van der Waals surface area contributed by atoms with Crippen LogP contribution >= 0.6 is 0 Å². The van der Waals surface area contributed by atoms with Gasteiger partial charge in [0.05, 0.1) is 12.3 Å². The van der Waals surface area contributed by atoms with Crippen molar-refractivity contribution in [2.75, 3.05) is 29.5 Å². The number of hydrogen-bond acceptors (Lipinski definition) is 9. The van der Waals surface area contributed by atoms with Crippen molar-refractivity contribution < 1.29 is 9.53 Å². The standard InChI is InChI=1S/C25H26N8O2/c1-3-35-22(34)21-18(2)33(30-29-21)25-27-23(31-16-10-11-17-31)26-24(28-25)32(19-12-6-4-7-13-19)20-14-8-5-9-15-20/h4-9,12-15H,3,10-11,16-17H2,1-2H3. The summed E-state index contributed by atoms with van der Waals surface area (Å²) in [6, 6.07) is 19.9. The van der Waals surface area contributed by atoms with E-state index in [1.165, 1.54) is 4.68 Å². The summed E-state index contributed by atoms with van der Waals surface area (Å²) in [5.41, 5.74) is 2.45. The number of para-hydroxylation sites is 2. The molecule has 0 spiro atoms. The van der Waals surface area contributed by atoms with Gasteiger partial charge in [-0.3, -0.25) is 4.90 Å². The molecule has 0 aliphatic carbocycles. The molecule has 0 radical (unpaired) electrons. The smallest absolute Gasteiger partial charge is 0.360 e. The molecular formula is C25H26N8O2. The van der Waals surface area contributed by atoms with Gasteiger partial charge in [0.1, 0.15) is 0 Å². The van der Waals surface area contributed by atoms with Gasteiger partial charge in [-0.2, -0.15) is 19.6 Å². The number of rotatable bonds is 7. The van der Waals surface area contributed by atoms with Gasteiger partial charge in [0.2, 0.25) is 11.9 Å². The number of carbonyl (C=O) groups is 1. The van der Waals surface area contributed by atoms with E-state index in [4.69, 9.17) is 19.7 Å². The molecule has 0 bridgehead atoms. The van der Waals surface area contributed by atoms with Gasteiger partial charge in [-0.1, -0.05) is 41.6 Å². The first kappa shape index (κ1) is 22.5. The van der Waals surface area contributed by atoms with Crippen LogP contribution in [0.1, 0.15) is 35.9 Å². The second kappa shape index (κ2) is 9.88. The summed E-state index contributed by atoms with van der Waals surface area (Å²) in [6.45, 7) is 5.48. The van der Waals surface area contributed by atoms with Crippen molar-refractivity contribution in [3.63, 3.8) is 0 Å². The third-order valence-corrected chi connectivity index (χ3v) is 5.77. The molecule has 0 N–H and O–H groups in total. The molecule has 1 aliphatic heterocycles. The SMILES string of the molecule is CCOC(=O)c1nnn(-c2nc(N3CCCC3)nc(N(c3ccccc3)c3ccccc3)n2)c1C. The zero-order valence-electron chi connectivity index (χ0n) is 19.7. The van der Waals surface area contributed by atoms with Gasteiger partial charge >= 0.3 is 5.97 Å². The number of carbonyl (C=O) groups excluding carboxylic acids is 1. The minimum absolute atomic E-state index is 0.138. The summed E-state index contributed by atoms with van der Waals surface area (Å²) >= 11 is 0. The van der Waals surface area contributed by atoms with Crippen molar-refractivity contribution in [3.8, 4) is 5.95 Å². The van der Waals surface area contributed by atoms with Crippen LogP contribution in [0.3, 0.4) is 0 Å². The van der Waals surface area contributed by atoms with E-state index in [-0.39, 0.29) is 18.2 Å². The average molecular weight is 471 g/mol. The van der Waals surface area contributed by atoms with Gasteiger partial charge in [-0.25, -0.2) is 4.79 Å². The lowest BCUT2D eigenvalue weighted by atomic mass is 10.2. The van der Waals surface area contributed by atoms with Crippen molar-refractivity contribution in [2.45, 2.75) is 26.7 Å². The van der Waals surface area contributed by atoms with Crippen molar-refractivity contribution in [2.24, 2.45) is 0 Å². The highest BCUT2D eigenvalue weighted by atomic mass is 16.5. The fourth-order valence-electron chi connectivity index (χ4n) is 4.04. The molecule has 0 unspecified atom stereocenters. The van der Waals surface area contributed by atoms with Crippen LogP contribution in [0.25, 0.3) is 5.95 Å². The van der Waals surface area contributed by atoms with Gasteiger partial charge in [0.25, 0.3) is 5.95 Å². The first-order chi connectivity index (χ1) is 17.2. The van der Waals surface area contributed by atoms with E-state index in [0.717, 1.165) is 37.3 Å². The number of esters is 1. The zero-order chi connectivity index (χ0) is 24.2. The molecule has 1 saturated heterocycles. The molecule has 10 heteroatoms. The van der Waals surface area contributed by atoms with Gasteiger partial charge in [0.15, 0.2) is 5.69 Å². The molecule has 0 saturated carbocycles. The Morgan fingerprint density at radius 2 is 1.51 bits per heavy atom. The molecule has 178 valence electrons. The van der Waals surface area contributed by atoms with E-state index < -0.39 is 5.97 Å². The summed E-state index contributed by atoms with van der Waals surface area (Å²) in [7, 11) is 0. The van der Waals surface area contributed by atoms with Crippen LogP contribution in [0.5, 0.6) is 0 Å². The molecule has 2 aromatic heterocycles. The highest BCUT2D eigenvalue weighted by molar-refractivity contribution is 5.88. The number of aromatic nitrogens is 6. The molecular weight excluding hydrogens is 444 g/mol. The topological polar surface area (TPSA) is 102 Å². The van der Waals surface area contributed by atoms with E-state index in [2.05, 4.69) is 15.2 Å². The van der Waals surface area contributed by atoms with Crippen LogP contribution in [0.15, 0.2) is 60.7 Å². The monoisotopic (exact) mass is 470 g/mol. The van der Waals surface area contributed by atoms with Crippen molar-refractivity contribution >= 4 is 29.2 Å². The van der Waals surface area contributed by atoms with E-state index in [9.17, 15) is 4.79 Å². The molecule has 0 amide bonds. The Hall–Kier alpha value is -4.34. The summed E-state index contributed by atoms with van der Waals surface area (Å²) in [6.07, 6.45) is 2.15. The summed E-state index contributed by atoms with van der Waals surface area (Å²) in [4.78, 5) is 30.8. The first-order valence-electron chi connectivity index (χ1n) is 11.7. The Morgan fingerprint density at radius 3 is 2.11 bits per heavy atom. The Morgan fingerprint density at radius 1 is 0.914 bits per heavy atom. The van der Waals surface area contributed by atoms with Gasteiger partial charge < -0.3 is 9.64 Å². The Balaban J connectivity index is 1.67. The van der Waals surface area contributed by atoms with Gasteiger partial charge in [0, 0.05) is 24.5 Å². The zero-order valence-corrected chi connectivity index (χ0v) is 19.7. The second-order valence-corrected chi connectivity index (χ2v) is 8.09. The fourth-order valence-corrected chi connectivity index (χ4v) is 4.04. The minimum Gasteiger partial charge on any atom is -0.461 e. The summed E-state index contributed by atoms with van der Waals surface area (Å²) in [5.74, 6) is 0.767. The van der Waals surface area contributed by atoms with Crippen LogP contribution < -0.4 is 9.80 Å². The molecule has 4 aromatic rings. The Kier molecular flexibility index (Phi) is 6.34. The average Bonchev–Trinajstić information content (AvgIpc) is 3.56. The van der Waals surface area contributed by atoms with Crippen molar-refractivity contribution in [1.29, 1.82) is 0 Å². The largest absolute Gasteiger partial charge is 0.461 e. The van der Waals surface area contributed by atoms with Gasteiger partial charge in [-0.05, 0) is 51.0 Å². The predicted octanol–water partition coefficient (Wildman–Crippen LogP) is 4.01. The lowest BCUT2D eigenvalue weighted by molar-refractivity contribution is 0.0518. The normalized spacial score (nSPS) is 13.1. The van der Waals surface area contributed by atoms with Crippen LogP contribution in [0, 0.1) is 6.92 Å². The van der Waals surface area contributed by atoms with Crippen LogP contribution in [-0.2, 0) is 4.74 Å². The van der Waals surface area contributed by atoms with E-state index >= 15 is 0 Å². The Bertz CT molecular complexity index is 1260. The highest BCUT2D eigenvalue weighted by Gasteiger charge is 2.25. The minimum atomic E-state index is -0.527. The quantitative estimate of drug-likeness (QED) is 0.371. The molecule has 1 aliphatic rings. The van der Waals surface area contributed by atoms with Crippen LogP contribution in [-0.4, -0.2) is 55.6 Å². The lowest BCUT2D eigenvalue weighted by Gasteiger charge is -2.25. The lowest BCUT2D eigenvalue weighted by Crippen LogP contribution is -2.24. The maximum atomic E-state index is 12.3. The highest BCUT2D eigenvalue weighted by Crippen LogP contribution is 2.33. The number of nitrogens with zero attached hydrogens (tertiary/aromatic N) is 8. The third kappa shape index (κ3) is 4.54. The van der Waals surface area contributed by atoms with E-state index in [1.54, 1.807) is 13.8 Å². The summed E-state index contributed by atoms with van der Waals surface area (Å²) < 4.78 is 6.58. The third-order valence-electron chi connectivity index (χ3n) is 5.77. The molecule has 35 heavy (non-hydrogen) atoms. The van der Waals surface area contributed by atoms with Crippen molar-refractivity contribution in [3.05, 3.63) is 72.1 Å². The van der Waals surface area contributed by atoms with E-state index in [1.807, 2.05) is 65.6 Å². The van der Waals surface area contributed by atoms with Crippen LogP contribution in [0.2, 0.25) is 0 Å². The fraction of sp³-hybridized carbons (Fsp3) is 0.280. The maximum Gasteiger partial charge on any atom is 0.360 e. The molecule has 0 atom stereocenters. The molecule has 3 heterocycles. The second-order valence-electron chi connectivity index (χ2n) is 8.09.